The first kappa shape index (κ1) is 12.9. The van der Waals surface area contributed by atoms with Crippen LogP contribution in [0.1, 0.15) is 25.6 Å². The normalized spacial score (nSPS) is 11.7. The van der Waals surface area contributed by atoms with E-state index in [0.29, 0.717) is 17.5 Å². The fourth-order valence-electron chi connectivity index (χ4n) is 1.29. The minimum absolute atomic E-state index is 0.251. The van der Waals surface area contributed by atoms with Crippen LogP contribution in [0.4, 0.5) is 0 Å². The number of hydrogen-bond acceptors (Lipinski definition) is 6. The third-order valence-corrected chi connectivity index (χ3v) is 3.31. The van der Waals surface area contributed by atoms with Crippen LogP contribution < -0.4 is 5.73 Å². The second kappa shape index (κ2) is 4.99. The molecule has 1 aromatic heterocycles. The van der Waals surface area contributed by atoms with Crippen molar-refractivity contribution in [2.45, 2.75) is 30.0 Å². The van der Waals surface area contributed by atoms with Gasteiger partial charge in [0, 0.05) is 4.90 Å². The summed E-state index contributed by atoms with van der Waals surface area (Å²) in [6, 6.07) is 7.13. The third kappa shape index (κ3) is 3.02. The summed E-state index contributed by atoms with van der Waals surface area (Å²) < 4.78 is 5.11. The summed E-state index contributed by atoms with van der Waals surface area (Å²) in [7, 11) is 0. The Morgan fingerprint density at radius 2 is 2.11 bits per heavy atom. The topological polar surface area (TPSA) is 85.2 Å². The molecule has 1 aromatic carbocycles. The van der Waals surface area contributed by atoms with Crippen LogP contribution in [0.5, 0.6) is 5.75 Å². The zero-order chi connectivity index (χ0) is 13.2. The summed E-state index contributed by atoms with van der Waals surface area (Å²) in [6.07, 6.45) is 0. The molecule has 2 aromatic rings. The summed E-state index contributed by atoms with van der Waals surface area (Å²) >= 11 is 1.44. The molecule has 0 unspecified atom stereocenters. The van der Waals surface area contributed by atoms with Gasteiger partial charge in [-0.2, -0.15) is 4.98 Å². The van der Waals surface area contributed by atoms with Crippen molar-refractivity contribution >= 4 is 11.8 Å². The first-order valence-corrected chi connectivity index (χ1v) is 6.48. The second-order valence-corrected chi connectivity index (χ2v) is 5.51. The fourth-order valence-corrected chi connectivity index (χ4v) is 2.08. The lowest BCUT2D eigenvalue weighted by Crippen LogP contribution is -2.30. The molecule has 0 spiro atoms. The van der Waals surface area contributed by atoms with Gasteiger partial charge in [-0.25, -0.2) is 0 Å². The molecule has 0 fully saturated rings. The number of phenols is 1. The molecule has 0 amide bonds. The maximum atomic E-state index is 9.62. The van der Waals surface area contributed by atoms with Crippen LogP contribution >= 0.6 is 11.8 Å². The molecule has 0 bridgehead atoms. The minimum atomic E-state index is -0.610. The Morgan fingerprint density at radius 1 is 1.39 bits per heavy atom. The molecule has 0 atom stereocenters. The van der Waals surface area contributed by atoms with E-state index in [1.807, 2.05) is 26.0 Å². The molecule has 6 heteroatoms. The maximum absolute atomic E-state index is 9.62. The molecule has 3 N–H and O–H groups in total. The number of aromatic hydroxyl groups is 1. The van der Waals surface area contributed by atoms with Gasteiger partial charge in [-0.05, 0) is 26.0 Å². The van der Waals surface area contributed by atoms with E-state index >= 15 is 0 Å². The zero-order valence-electron chi connectivity index (χ0n) is 10.3. The summed E-state index contributed by atoms with van der Waals surface area (Å²) in [5.74, 6) is 1.73. The minimum Gasteiger partial charge on any atom is -0.507 e. The number of phenolic OH excluding ortho intramolecular Hbond substituents is 1. The van der Waals surface area contributed by atoms with Crippen molar-refractivity contribution < 1.29 is 9.63 Å². The Bertz CT molecular complexity index is 534. The molecular weight excluding hydrogens is 250 g/mol. The van der Waals surface area contributed by atoms with Crippen molar-refractivity contribution in [1.29, 1.82) is 0 Å². The molecule has 2 rings (SSSR count). The first-order valence-electron chi connectivity index (χ1n) is 5.49. The SMILES string of the molecule is CC(C)(N)c1noc(CSc2ccccc2O)n1. The lowest BCUT2D eigenvalue weighted by atomic mass is 10.1. The standard InChI is InChI=1S/C12H15N3O2S/c1-12(2,13)11-14-10(17-15-11)7-18-9-6-4-3-5-8(9)16/h3-6,16H,7,13H2,1-2H3. The first-order chi connectivity index (χ1) is 8.47. The van der Waals surface area contributed by atoms with Crippen molar-refractivity contribution in [3.8, 4) is 5.75 Å². The van der Waals surface area contributed by atoms with E-state index in [1.54, 1.807) is 12.1 Å². The molecule has 0 aliphatic rings. The number of thioether (sulfide) groups is 1. The second-order valence-electron chi connectivity index (χ2n) is 4.49. The van der Waals surface area contributed by atoms with Crippen LogP contribution in [0.3, 0.4) is 0 Å². The lowest BCUT2D eigenvalue weighted by Gasteiger charge is -2.11. The Morgan fingerprint density at radius 3 is 2.72 bits per heavy atom. The molecule has 18 heavy (non-hydrogen) atoms. The van der Waals surface area contributed by atoms with Crippen LogP contribution in [0.25, 0.3) is 0 Å². The molecular formula is C12H15N3O2S. The average molecular weight is 265 g/mol. The highest BCUT2D eigenvalue weighted by Gasteiger charge is 2.21. The van der Waals surface area contributed by atoms with Crippen LogP contribution in [0, 0.1) is 0 Å². The summed E-state index contributed by atoms with van der Waals surface area (Å²) in [4.78, 5) is 5.00. The van der Waals surface area contributed by atoms with Gasteiger partial charge in [0.25, 0.3) is 0 Å². The molecule has 0 aliphatic heterocycles. The number of hydrogen-bond donors (Lipinski definition) is 2. The lowest BCUT2D eigenvalue weighted by molar-refractivity contribution is 0.370. The maximum Gasteiger partial charge on any atom is 0.237 e. The van der Waals surface area contributed by atoms with E-state index in [9.17, 15) is 5.11 Å². The largest absolute Gasteiger partial charge is 0.507 e. The number of para-hydroxylation sites is 1. The number of benzene rings is 1. The number of rotatable bonds is 4. The average Bonchev–Trinajstić information content (AvgIpc) is 2.76. The van der Waals surface area contributed by atoms with Gasteiger partial charge in [0.05, 0.1) is 11.3 Å². The van der Waals surface area contributed by atoms with E-state index in [0.717, 1.165) is 4.90 Å². The van der Waals surface area contributed by atoms with Crippen LogP contribution in [0.2, 0.25) is 0 Å². The van der Waals surface area contributed by atoms with E-state index in [2.05, 4.69) is 10.1 Å². The monoisotopic (exact) mass is 265 g/mol. The van der Waals surface area contributed by atoms with Gasteiger partial charge in [-0.1, -0.05) is 17.3 Å². The van der Waals surface area contributed by atoms with Gasteiger partial charge in [0.2, 0.25) is 5.89 Å². The van der Waals surface area contributed by atoms with Crippen molar-refractivity contribution in [2.24, 2.45) is 5.73 Å². The van der Waals surface area contributed by atoms with E-state index in [1.165, 1.54) is 11.8 Å². The van der Waals surface area contributed by atoms with Gasteiger partial charge >= 0.3 is 0 Å². The Hall–Kier alpha value is -1.53. The number of nitrogens with two attached hydrogens (primary N) is 1. The van der Waals surface area contributed by atoms with Gasteiger partial charge in [0.1, 0.15) is 5.75 Å². The third-order valence-electron chi connectivity index (χ3n) is 2.26. The van der Waals surface area contributed by atoms with Crippen molar-refractivity contribution in [3.05, 3.63) is 36.0 Å². The molecule has 0 aliphatic carbocycles. The Labute approximate surface area is 109 Å². The smallest absolute Gasteiger partial charge is 0.237 e. The highest BCUT2D eigenvalue weighted by molar-refractivity contribution is 7.98. The Kier molecular flexibility index (Phi) is 3.58. The van der Waals surface area contributed by atoms with Crippen LogP contribution in [0.15, 0.2) is 33.7 Å². The molecule has 0 radical (unpaired) electrons. The summed E-state index contributed by atoms with van der Waals surface area (Å²) in [6.45, 7) is 3.63. The van der Waals surface area contributed by atoms with Gasteiger partial charge in [-0.3, -0.25) is 0 Å². The van der Waals surface area contributed by atoms with E-state index < -0.39 is 5.54 Å². The molecule has 0 saturated heterocycles. The van der Waals surface area contributed by atoms with E-state index in [4.69, 9.17) is 10.3 Å². The fraction of sp³-hybridized carbons (Fsp3) is 0.333. The highest BCUT2D eigenvalue weighted by Crippen LogP contribution is 2.30. The summed E-state index contributed by atoms with van der Waals surface area (Å²) in [5.41, 5.74) is 5.26. The predicted octanol–water partition coefficient (Wildman–Crippen LogP) is 2.26. The summed E-state index contributed by atoms with van der Waals surface area (Å²) in [5, 5.41) is 13.5. The van der Waals surface area contributed by atoms with Gasteiger partial charge in [0.15, 0.2) is 5.82 Å². The van der Waals surface area contributed by atoms with Gasteiger partial charge in [-0.15, -0.1) is 11.8 Å². The molecule has 1 heterocycles. The van der Waals surface area contributed by atoms with E-state index in [-0.39, 0.29) is 5.75 Å². The molecule has 5 nitrogen and oxygen atoms in total. The number of aromatic nitrogens is 2. The predicted molar refractivity (Wildman–Crippen MR) is 69.2 cm³/mol. The zero-order valence-corrected chi connectivity index (χ0v) is 11.1. The van der Waals surface area contributed by atoms with Crippen LogP contribution in [-0.2, 0) is 11.3 Å². The van der Waals surface area contributed by atoms with Gasteiger partial charge < -0.3 is 15.4 Å². The molecule has 0 saturated carbocycles. The molecule has 96 valence electrons. The van der Waals surface area contributed by atoms with Crippen molar-refractivity contribution in [2.75, 3.05) is 0 Å². The van der Waals surface area contributed by atoms with Crippen molar-refractivity contribution in [3.63, 3.8) is 0 Å². The highest BCUT2D eigenvalue weighted by atomic mass is 32.2. The quantitative estimate of drug-likeness (QED) is 0.825. The van der Waals surface area contributed by atoms with Crippen molar-refractivity contribution in [1.82, 2.24) is 10.1 Å². The Balaban J connectivity index is 2.03. The van der Waals surface area contributed by atoms with Crippen LogP contribution in [-0.4, -0.2) is 15.2 Å². The number of nitrogens with zero attached hydrogens (tertiary/aromatic N) is 2.